The molecule has 0 amide bonds. The summed E-state index contributed by atoms with van der Waals surface area (Å²) in [6.07, 6.45) is 2.44. The topological polar surface area (TPSA) is 77.2 Å². The first-order valence-electron chi connectivity index (χ1n) is 6.82. The summed E-state index contributed by atoms with van der Waals surface area (Å²) in [5, 5.41) is 5.30. The highest BCUT2D eigenvalue weighted by atomic mass is 32.1. The number of anilines is 2. The number of carbonyl (C=O) groups is 1. The van der Waals surface area contributed by atoms with Crippen molar-refractivity contribution in [2.24, 2.45) is 0 Å². The highest BCUT2D eigenvalue weighted by Gasteiger charge is 2.15. The van der Waals surface area contributed by atoms with Gasteiger partial charge in [0.1, 0.15) is 5.82 Å². The monoisotopic (exact) mass is 305 g/mol. The molecule has 0 saturated heterocycles. The summed E-state index contributed by atoms with van der Waals surface area (Å²) in [6.45, 7) is 4.13. The molecular formula is C15H19N3O2S. The first-order chi connectivity index (χ1) is 10.1. The van der Waals surface area contributed by atoms with E-state index in [1.54, 1.807) is 30.5 Å². The van der Waals surface area contributed by atoms with Gasteiger partial charge in [-0.05, 0) is 31.4 Å². The van der Waals surface area contributed by atoms with Crippen molar-refractivity contribution < 1.29 is 9.53 Å². The van der Waals surface area contributed by atoms with Crippen molar-refractivity contribution >= 4 is 28.8 Å². The standard InChI is InChI=1S/C15H19N3O2S/c1-3-20-15(19)12-6-7-17-14(13(12)16)18-10(2)9-11-5-4-8-21-11/h4-8,10H,3,9,16H2,1-2H3,(H,17,18). The molecule has 2 heterocycles. The highest BCUT2D eigenvalue weighted by molar-refractivity contribution is 7.09. The van der Waals surface area contributed by atoms with Gasteiger partial charge in [0.2, 0.25) is 0 Å². The first kappa shape index (κ1) is 15.3. The molecule has 0 aromatic carbocycles. The predicted molar refractivity (Wildman–Crippen MR) is 85.7 cm³/mol. The van der Waals surface area contributed by atoms with E-state index in [0.717, 1.165) is 6.42 Å². The zero-order valence-corrected chi connectivity index (χ0v) is 12.9. The highest BCUT2D eigenvalue weighted by Crippen LogP contribution is 2.22. The van der Waals surface area contributed by atoms with Crippen molar-refractivity contribution in [3.05, 3.63) is 40.2 Å². The van der Waals surface area contributed by atoms with Crippen LogP contribution in [0.25, 0.3) is 0 Å². The Kier molecular flexibility index (Phi) is 5.16. The molecule has 0 aliphatic heterocycles. The van der Waals surface area contributed by atoms with E-state index in [0.29, 0.717) is 23.7 Å². The maximum absolute atomic E-state index is 11.8. The van der Waals surface area contributed by atoms with Crippen LogP contribution in [0.1, 0.15) is 29.1 Å². The predicted octanol–water partition coefficient (Wildman–Crippen LogP) is 2.95. The molecular weight excluding hydrogens is 286 g/mol. The van der Waals surface area contributed by atoms with E-state index < -0.39 is 5.97 Å². The van der Waals surface area contributed by atoms with Crippen LogP contribution in [0, 0.1) is 0 Å². The molecule has 0 bridgehead atoms. The summed E-state index contributed by atoms with van der Waals surface area (Å²) in [5.41, 5.74) is 6.69. The van der Waals surface area contributed by atoms with Crippen LogP contribution in [0.15, 0.2) is 29.8 Å². The number of esters is 1. The Labute approximate surface area is 128 Å². The molecule has 5 nitrogen and oxygen atoms in total. The quantitative estimate of drug-likeness (QED) is 0.802. The largest absolute Gasteiger partial charge is 0.462 e. The van der Waals surface area contributed by atoms with Crippen molar-refractivity contribution in [1.29, 1.82) is 0 Å². The fourth-order valence-electron chi connectivity index (χ4n) is 1.99. The Balaban J connectivity index is 2.09. The average molecular weight is 305 g/mol. The molecule has 0 saturated carbocycles. The lowest BCUT2D eigenvalue weighted by atomic mass is 10.2. The number of ether oxygens (including phenoxy) is 1. The molecule has 1 atom stereocenters. The average Bonchev–Trinajstić information content (AvgIpc) is 2.94. The van der Waals surface area contributed by atoms with Gasteiger partial charge < -0.3 is 15.8 Å². The number of carbonyl (C=O) groups excluding carboxylic acids is 1. The Hall–Kier alpha value is -2.08. The normalized spacial score (nSPS) is 11.9. The maximum atomic E-state index is 11.8. The van der Waals surface area contributed by atoms with Crippen LogP contribution in [-0.2, 0) is 11.2 Å². The summed E-state index contributed by atoms with van der Waals surface area (Å²) in [5.74, 6) is 0.0935. The number of pyridine rings is 1. The van der Waals surface area contributed by atoms with Crippen LogP contribution in [0.3, 0.4) is 0 Å². The third-order valence-electron chi connectivity index (χ3n) is 2.96. The van der Waals surface area contributed by atoms with Gasteiger partial charge in [0.15, 0.2) is 0 Å². The van der Waals surface area contributed by atoms with Gasteiger partial charge >= 0.3 is 5.97 Å². The van der Waals surface area contributed by atoms with Crippen LogP contribution in [0.5, 0.6) is 0 Å². The lowest BCUT2D eigenvalue weighted by Crippen LogP contribution is -2.20. The van der Waals surface area contributed by atoms with E-state index in [9.17, 15) is 4.79 Å². The van der Waals surface area contributed by atoms with Crippen LogP contribution < -0.4 is 11.1 Å². The van der Waals surface area contributed by atoms with Gasteiger partial charge in [-0.15, -0.1) is 11.3 Å². The Morgan fingerprint density at radius 2 is 2.33 bits per heavy atom. The number of nitrogen functional groups attached to an aromatic ring is 1. The number of rotatable bonds is 6. The van der Waals surface area contributed by atoms with Crippen LogP contribution in [0.4, 0.5) is 11.5 Å². The summed E-state index contributed by atoms with van der Waals surface area (Å²) < 4.78 is 4.98. The molecule has 2 rings (SSSR count). The van der Waals surface area contributed by atoms with E-state index in [4.69, 9.17) is 10.5 Å². The van der Waals surface area contributed by atoms with E-state index in [1.807, 2.05) is 6.07 Å². The zero-order chi connectivity index (χ0) is 15.2. The smallest absolute Gasteiger partial charge is 0.340 e. The molecule has 2 aromatic rings. The molecule has 0 aliphatic rings. The van der Waals surface area contributed by atoms with Gasteiger partial charge in [0, 0.05) is 23.5 Å². The van der Waals surface area contributed by atoms with E-state index in [1.165, 1.54) is 4.88 Å². The van der Waals surface area contributed by atoms with Gasteiger partial charge in [0.05, 0.1) is 17.9 Å². The number of hydrogen-bond donors (Lipinski definition) is 2. The number of nitrogens with two attached hydrogens (primary N) is 1. The Morgan fingerprint density at radius 3 is 3.00 bits per heavy atom. The molecule has 3 N–H and O–H groups in total. The van der Waals surface area contributed by atoms with Crippen LogP contribution >= 0.6 is 11.3 Å². The Morgan fingerprint density at radius 1 is 1.52 bits per heavy atom. The number of hydrogen-bond acceptors (Lipinski definition) is 6. The van der Waals surface area contributed by atoms with E-state index in [-0.39, 0.29) is 6.04 Å². The van der Waals surface area contributed by atoms with E-state index >= 15 is 0 Å². The van der Waals surface area contributed by atoms with E-state index in [2.05, 4.69) is 28.7 Å². The van der Waals surface area contributed by atoms with Crippen molar-refractivity contribution in [2.75, 3.05) is 17.7 Å². The third kappa shape index (κ3) is 3.95. The second-order valence-corrected chi connectivity index (χ2v) is 5.70. The van der Waals surface area contributed by atoms with Crippen LogP contribution in [0.2, 0.25) is 0 Å². The lowest BCUT2D eigenvalue weighted by molar-refractivity contribution is 0.0527. The summed E-state index contributed by atoms with van der Waals surface area (Å²) >= 11 is 1.71. The molecule has 0 fully saturated rings. The van der Waals surface area contributed by atoms with Crippen molar-refractivity contribution in [2.45, 2.75) is 26.3 Å². The summed E-state index contributed by atoms with van der Waals surface area (Å²) in [7, 11) is 0. The fraction of sp³-hybridized carbons (Fsp3) is 0.333. The molecule has 0 spiro atoms. The second kappa shape index (κ2) is 7.08. The molecule has 6 heteroatoms. The molecule has 112 valence electrons. The van der Waals surface area contributed by atoms with Crippen molar-refractivity contribution in [1.82, 2.24) is 4.98 Å². The third-order valence-corrected chi connectivity index (χ3v) is 3.85. The summed E-state index contributed by atoms with van der Waals surface area (Å²) in [4.78, 5) is 17.3. The van der Waals surface area contributed by atoms with Gasteiger partial charge in [0.25, 0.3) is 0 Å². The maximum Gasteiger partial charge on any atom is 0.340 e. The summed E-state index contributed by atoms with van der Waals surface area (Å²) in [6, 6.07) is 5.86. The first-order valence-corrected chi connectivity index (χ1v) is 7.70. The van der Waals surface area contributed by atoms with Crippen molar-refractivity contribution in [3.63, 3.8) is 0 Å². The second-order valence-electron chi connectivity index (χ2n) is 4.67. The van der Waals surface area contributed by atoms with Gasteiger partial charge in [-0.3, -0.25) is 0 Å². The number of nitrogens with one attached hydrogen (secondary N) is 1. The van der Waals surface area contributed by atoms with Gasteiger partial charge in [-0.1, -0.05) is 6.07 Å². The SMILES string of the molecule is CCOC(=O)c1ccnc(NC(C)Cc2cccs2)c1N. The molecule has 0 radical (unpaired) electrons. The number of nitrogens with zero attached hydrogens (tertiary/aromatic N) is 1. The van der Waals surface area contributed by atoms with Gasteiger partial charge in [-0.2, -0.15) is 0 Å². The lowest BCUT2D eigenvalue weighted by Gasteiger charge is -2.16. The molecule has 0 aliphatic carbocycles. The van der Waals surface area contributed by atoms with Crippen LogP contribution in [-0.4, -0.2) is 23.6 Å². The zero-order valence-electron chi connectivity index (χ0n) is 12.1. The Bertz CT molecular complexity index is 599. The van der Waals surface area contributed by atoms with Crippen molar-refractivity contribution in [3.8, 4) is 0 Å². The molecule has 21 heavy (non-hydrogen) atoms. The number of thiophene rings is 1. The minimum absolute atomic E-state index is 0.163. The number of aromatic nitrogens is 1. The fourth-order valence-corrected chi connectivity index (χ4v) is 2.83. The molecule has 1 unspecified atom stereocenters. The molecule has 2 aromatic heterocycles. The minimum Gasteiger partial charge on any atom is -0.462 e. The minimum atomic E-state index is -0.425. The van der Waals surface area contributed by atoms with Gasteiger partial charge in [-0.25, -0.2) is 9.78 Å².